The highest BCUT2D eigenvalue weighted by Gasteiger charge is 2.36. The summed E-state index contributed by atoms with van der Waals surface area (Å²) < 4.78 is 5.34. The van der Waals surface area contributed by atoms with E-state index in [1.165, 1.54) is 4.90 Å². The number of aromatic hydroxyl groups is 1. The van der Waals surface area contributed by atoms with Crippen molar-refractivity contribution in [1.29, 1.82) is 0 Å². The molecule has 2 unspecified atom stereocenters. The average molecular weight is 540 g/mol. The number of ether oxygens (including phenoxy) is 1. The lowest BCUT2D eigenvalue weighted by Crippen LogP contribution is -2.52. The van der Waals surface area contributed by atoms with Crippen LogP contribution in [0, 0.1) is 6.92 Å². The fourth-order valence-corrected chi connectivity index (χ4v) is 4.28. The second-order valence-electron chi connectivity index (χ2n) is 10.9. The molecular weight excluding hydrogens is 494 g/mol. The third-order valence-corrected chi connectivity index (χ3v) is 6.32. The Morgan fingerprint density at radius 3 is 2.28 bits per heavy atom. The van der Waals surface area contributed by atoms with Gasteiger partial charge < -0.3 is 25.4 Å². The van der Waals surface area contributed by atoms with E-state index < -0.39 is 35.6 Å². The van der Waals surface area contributed by atoms with Crippen molar-refractivity contribution in [3.8, 4) is 5.75 Å². The Morgan fingerprint density at radius 2 is 1.64 bits per heavy atom. The Morgan fingerprint density at radius 1 is 0.974 bits per heavy atom. The van der Waals surface area contributed by atoms with Crippen LogP contribution in [0.2, 0.25) is 0 Å². The molecule has 0 saturated heterocycles. The van der Waals surface area contributed by atoms with Gasteiger partial charge in [-0.2, -0.15) is 0 Å². The molecule has 2 aromatic rings. The van der Waals surface area contributed by atoms with Gasteiger partial charge in [0.25, 0.3) is 0 Å². The van der Waals surface area contributed by atoms with E-state index in [0.29, 0.717) is 24.1 Å². The van der Waals surface area contributed by atoms with Crippen LogP contribution in [0.4, 0.5) is 4.79 Å². The molecule has 0 spiro atoms. The molecule has 0 aliphatic rings. The third kappa shape index (κ3) is 10.3. The summed E-state index contributed by atoms with van der Waals surface area (Å²) in [4.78, 5) is 41.5. The van der Waals surface area contributed by atoms with Gasteiger partial charge in [-0.3, -0.25) is 9.59 Å². The van der Waals surface area contributed by atoms with Crippen LogP contribution in [0.1, 0.15) is 89.5 Å². The first-order valence-electron chi connectivity index (χ1n) is 13.8. The number of nitrogens with one attached hydrogen (secondary N) is 2. The Bertz CT molecular complexity index is 1080. The van der Waals surface area contributed by atoms with Gasteiger partial charge in [0, 0.05) is 18.7 Å². The molecule has 0 aliphatic carbocycles. The first-order valence-corrected chi connectivity index (χ1v) is 13.8. The van der Waals surface area contributed by atoms with Crippen LogP contribution in [0.3, 0.4) is 0 Å². The number of para-hydroxylation sites is 1. The van der Waals surface area contributed by atoms with Crippen molar-refractivity contribution in [2.24, 2.45) is 0 Å². The Labute approximate surface area is 233 Å². The molecule has 0 fully saturated rings. The van der Waals surface area contributed by atoms with Crippen LogP contribution in [0.5, 0.6) is 5.75 Å². The number of carbonyl (C=O) groups is 3. The van der Waals surface area contributed by atoms with Crippen molar-refractivity contribution < 1.29 is 24.2 Å². The molecule has 2 aromatic carbocycles. The zero-order valence-electron chi connectivity index (χ0n) is 24.3. The minimum atomic E-state index is -1.09. The largest absolute Gasteiger partial charge is 0.507 e. The lowest BCUT2D eigenvalue weighted by Gasteiger charge is -2.34. The van der Waals surface area contributed by atoms with E-state index in [9.17, 15) is 19.5 Å². The van der Waals surface area contributed by atoms with Crippen molar-refractivity contribution >= 4 is 17.9 Å². The molecule has 8 heteroatoms. The minimum Gasteiger partial charge on any atom is -0.507 e. The summed E-state index contributed by atoms with van der Waals surface area (Å²) >= 11 is 0. The predicted octanol–water partition coefficient (Wildman–Crippen LogP) is 5.77. The van der Waals surface area contributed by atoms with Crippen LogP contribution >= 0.6 is 0 Å². The van der Waals surface area contributed by atoms with Gasteiger partial charge >= 0.3 is 6.09 Å². The monoisotopic (exact) mass is 539 g/mol. The highest BCUT2D eigenvalue weighted by atomic mass is 16.6. The molecule has 2 rings (SSSR count). The lowest BCUT2D eigenvalue weighted by atomic mass is 9.98. The highest BCUT2D eigenvalue weighted by molar-refractivity contribution is 5.92. The zero-order chi connectivity index (χ0) is 29.0. The number of alkyl carbamates (subject to hydrolysis) is 1. The van der Waals surface area contributed by atoms with Gasteiger partial charge in [0.05, 0.1) is 0 Å². The maximum atomic E-state index is 13.8. The van der Waals surface area contributed by atoms with Gasteiger partial charge in [0.2, 0.25) is 11.8 Å². The number of benzene rings is 2. The number of carbonyl (C=O) groups excluding carboxylic acids is 3. The second kappa shape index (κ2) is 15.1. The van der Waals surface area contributed by atoms with E-state index in [0.717, 1.165) is 31.2 Å². The van der Waals surface area contributed by atoms with Crippen LogP contribution in [0.15, 0.2) is 48.5 Å². The van der Waals surface area contributed by atoms with Crippen molar-refractivity contribution in [3.05, 3.63) is 65.2 Å². The Hall–Kier alpha value is -3.55. The maximum absolute atomic E-state index is 13.8. The molecule has 0 aromatic heterocycles. The number of phenolic OH excluding ortho intramolecular Hbond substituents is 1. The molecule has 39 heavy (non-hydrogen) atoms. The van der Waals surface area contributed by atoms with E-state index in [4.69, 9.17) is 4.74 Å². The number of aryl methyl sites for hydroxylation is 1. The van der Waals surface area contributed by atoms with Crippen molar-refractivity contribution in [2.75, 3.05) is 6.54 Å². The Balaban J connectivity index is 2.41. The van der Waals surface area contributed by atoms with Crippen LogP contribution in [-0.2, 0) is 20.9 Å². The number of hydrogen-bond donors (Lipinski definition) is 3. The first kappa shape index (κ1) is 31.7. The normalized spacial score (nSPS) is 12.8. The minimum absolute atomic E-state index is 0.0334. The zero-order valence-corrected chi connectivity index (χ0v) is 24.3. The van der Waals surface area contributed by atoms with Gasteiger partial charge in [-0.25, -0.2) is 4.79 Å². The smallest absolute Gasteiger partial charge is 0.408 e. The number of hydrogen-bond acceptors (Lipinski definition) is 5. The average Bonchev–Trinajstić information content (AvgIpc) is 2.87. The molecule has 0 bridgehead atoms. The first-order chi connectivity index (χ1) is 18.4. The predicted molar refractivity (Wildman–Crippen MR) is 153 cm³/mol. The Kier molecular flexibility index (Phi) is 12.3. The molecule has 8 nitrogen and oxygen atoms in total. The molecule has 3 amide bonds. The van der Waals surface area contributed by atoms with Gasteiger partial charge in [0.1, 0.15) is 23.4 Å². The molecule has 3 N–H and O–H groups in total. The van der Waals surface area contributed by atoms with Gasteiger partial charge in [0.15, 0.2) is 0 Å². The van der Waals surface area contributed by atoms with Crippen LogP contribution < -0.4 is 10.6 Å². The van der Waals surface area contributed by atoms with Crippen molar-refractivity contribution in [3.63, 3.8) is 0 Å². The summed E-state index contributed by atoms with van der Waals surface area (Å²) in [5, 5.41) is 16.5. The highest BCUT2D eigenvalue weighted by Crippen LogP contribution is 2.32. The standard InChI is InChI=1S/C31H45N3O5/c1-7-8-9-10-14-20-34(29(37)23(3)33-30(38)39-31(4,5)6)26(25-19-15-16-22(2)27(25)35)28(36)32-21-24-17-12-11-13-18-24/h11-13,15-19,23,26,35H,7-10,14,20-21H2,1-6H3,(H,32,36)(H,33,38). The summed E-state index contributed by atoms with van der Waals surface area (Å²) in [6, 6.07) is 12.6. The van der Waals surface area contributed by atoms with Gasteiger partial charge in [-0.05, 0) is 52.2 Å². The summed E-state index contributed by atoms with van der Waals surface area (Å²) in [5.41, 5.74) is 1.13. The fraction of sp³-hybridized carbons (Fsp3) is 0.516. The second-order valence-corrected chi connectivity index (χ2v) is 10.9. The van der Waals surface area contributed by atoms with Crippen LogP contribution in [0.25, 0.3) is 0 Å². The molecule has 214 valence electrons. The quantitative estimate of drug-likeness (QED) is 0.280. The third-order valence-electron chi connectivity index (χ3n) is 6.32. The van der Waals surface area contributed by atoms with Crippen molar-refractivity contribution in [1.82, 2.24) is 15.5 Å². The van der Waals surface area contributed by atoms with E-state index in [1.807, 2.05) is 30.3 Å². The van der Waals surface area contributed by atoms with Gasteiger partial charge in [-0.1, -0.05) is 81.1 Å². The van der Waals surface area contributed by atoms with Crippen molar-refractivity contribution in [2.45, 2.75) is 97.9 Å². The van der Waals surface area contributed by atoms with E-state index in [1.54, 1.807) is 52.8 Å². The summed E-state index contributed by atoms with van der Waals surface area (Å²) in [6.07, 6.45) is 4.05. The SMILES string of the molecule is CCCCCCCN(C(=O)C(C)NC(=O)OC(C)(C)C)C(C(=O)NCc1ccccc1)c1cccc(C)c1O. The lowest BCUT2D eigenvalue weighted by molar-refractivity contribution is -0.142. The van der Waals surface area contributed by atoms with E-state index in [-0.39, 0.29) is 12.3 Å². The number of amides is 3. The summed E-state index contributed by atoms with van der Waals surface area (Å²) in [6.45, 7) is 11.3. The number of unbranched alkanes of at least 4 members (excludes halogenated alkanes) is 4. The van der Waals surface area contributed by atoms with E-state index >= 15 is 0 Å². The number of rotatable bonds is 13. The van der Waals surface area contributed by atoms with E-state index in [2.05, 4.69) is 17.6 Å². The maximum Gasteiger partial charge on any atom is 0.408 e. The molecule has 0 saturated carbocycles. The van der Waals surface area contributed by atoms with Crippen LogP contribution in [-0.4, -0.2) is 46.1 Å². The molecule has 0 radical (unpaired) electrons. The number of phenols is 1. The fourth-order valence-electron chi connectivity index (χ4n) is 4.28. The molecule has 0 heterocycles. The number of nitrogens with zero attached hydrogens (tertiary/aromatic N) is 1. The molecular formula is C31H45N3O5. The molecule has 2 atom stereocenters. The van der Waals surface area contributed by atoms with Gasteiger partial charge in [-0.15, -0.1) is 0 Å². The summed E-state index contributed by atoms with van der Waals surface area (Å²) in [5.74, 6) is -0.878. The molecule has 0 aliphatic heterocycles. The summed E-state index contributed by atoms with van der Waals surface area (Å²) in [7, 11) is 0. The topological polar surface area (TPSA) is 108 Å².